The lowest BCUT2D eigenvalue weighted by molar-refractivity contribution is -0.0467. The summed E-state index contributed by atoms with van der Waals surface area (Å²) >= 11 is 0. The van der Waals surface area contributed by atoms with Gasteiger partial charge in [-0.15, -0.1) is 0 Å². The van der Waals surface area contributed by atoms with E-state index in [9.17, 15) is 8.78 Å². The maximum atomic E-state index is 13.7. The molecule has 1 aliphatic rings. The number of nitrogen functional groups attached to an aromatic ring is 1. The maximum absolute atomic E-state index is 13.7. The van der Waals surface area contributed by atoms with Crippen LogP contribution >= 0.6 is 0 Å². The molecule has 17 heavy (non-hydrogen) atoms. The van der Waals surface area contributed by atoms with Crippen molar-refractivity contribution in [2.45, 2.75) is 6.29 Å². The number of hydrogen-bond donors (Lipinski definition) is 1. The smallest absolute Gasteiger partial charge is 0.207 e. The molecule has 0 spiro atoms. The summed E-state index contributed by atoms with van der Waals surface area (Å²) in [5.74, 6) is -2.21. The predicted molar refractivity (Wildman–Crippen MR) is 53.0 cm³/mol. The quantitative estimate of drug-likeness (QED) is 0.824. The first-order chi connectivity index (χ1) is 8.18. The van der Waals surface area contributed by atoms with Crippen LogP contribution in [-0.2, 0) is 9.47 Å². The molecular weight excluding hydrogens is 234 g/mol. The third-order valence-corrected chi connectivity index (χ3v) is 2.58. The van der Waals surface area contributed by atoms with E-state index in [0.29, 0.717) is 13.2 Å². The minimum absolute atomic E-state index is 0.00172. The maximum Gasteiger partial charge on any atom is 0.207 e. The molecule has 1 fully saturated rings. The molecule has 1 aromatic heterocycles. The predicted octanol–water partition coefficient (Wildman–Crippen LogP) is 1.73. The fourth-order valence-corrected chi connectivity index (χ4v) is 1.76. The Morgan fingerprint density at radius 2 is 1.94 bits per heavy atom. The highest BCUT2D eigenvalue weighted by Crippen LogP contribution is 2.33. The Morgan fingerprint density at radius 3 is 2.65 bits per heavy atom. The van der Waals surface area contributed by atoms with Crippen molar-refractivity contribution in [2.24, 2.45) is 0 Å². The van der Waals surface area contributed by atoms with Crippen LogP contribution in [0.1, 0.15) is 11.9 Å². The highest BCUT2D eigenvalue weighted by atomic mass is 19.2. The van der Waals surface area contributed by atoms with Crippen LogP contribution in [0.15, 0.2) is 10.6 Å². The second-order valence-corrected chi connectivity index (χ2v) is 3.61. The molecule has 0 saturated carbocycles. The third-order valence-electron chi connectivity index (χ3n) is 2.58. The minimum Gasteiger partial charge on any atom is -0.380 e. The van der Waals surface area contributed by atoms with Gasteiger partial charge in [-0.2, -0.15) is 4.39 Å². The van der Waals surface area contributed by atoms with Crippen LogP contribution in [0.2, 0.25) is 0 Å². The van der Waals surface area contributed by atoms with Gasteiger partial charge in [-0.25, -0.2) is 4.39 Å². The number of hydrogen-bond acceptors (Lipinski definition) is 5. The minimum atomic E-state index is -1.14. The average Bonchev–Trinajstić information content (AvgIpc) is 2.94. The van der Waals surface area contributed by atoms with Crippen LogP contribution in [0.3, 0.4) is 0 Å². The van der Waals surface area contributed by atoms with Crippen LogP contribution in [-0.4, -0.2) is 18.4 Å². The summed E-state index contributed by atoms with van der Waals surface area (Å²) < 4.78 is 42.2. The van der Waals surface area contributed by atoms with Crippen molar-refractivity contribution in [1.29, 1.82) is 0 Å². The Hall–Kier alpha value is -1.73. The standard InChI is InChI=1S/C10H8F2N2O3/c11-6-4(10-15-1-2-16-10)3-5-8(7(6)12)17-14-9(5)13/h3,10H,1-2H2,(H2,13,14). The molecule has 0 bridgehead atoms. The highest BCUT2D eigenvalue weighted by molar-refractivity contribution is 5.88. The van der Waals surface area contributed by atoms with Gasteiger partial charge in [0.15, 0.2) is 17.9 Å². The molecule has 1 aliphatic heterocycles. The number of halogens is 2. The normalized spacial score (nSPS) is 17.1. The summed E-state index contributed by atoms with van der Waals surface area (Å²) in [7, 11) is 0. The van der Waals surface area contributed by atoms with Crippen LogP contribution < -0.4 is 5.73 Å². The number of rotatable bonds is 1. The van der Waals surface area contributed by atoms with Crippen molar-refractivity contribution < 1.29 is 22.8 Å². The molecule has 2 aromatic rings. The number of nitrogens with zero attached hydrogens (tertiary/aromatic N) is 1. The number of aromatic nitrogens is 1. The largest absolute Gasteiger partial charge is 0.380 e. The van der Waals surface area contributed by atoms with E-state index < -0.39 is 17.9 Å². The summed E-state index contributed by atoms with van der Waals surface area (Å²) in [6.45, 7) is 0.672. The fourth-order valence-electron chi connectivity index (χ4n) is 1.76. The summed E-state index contributed by atoms with van der Waals surface area (Å²) in [5.41, 5.74) is 5.14. The summed E-state index contributed by atoms with van der Waals surface area (Å²) in [5, 5.41) is 3.59. The van der Waals surface area contributed by atoms with Crippen molar-refractivity contribution in [3.05, 3.63) is 23.3 Å². The topological polar surface area (TPSA) is 70.5 Å². The molecule has 0 atom stereocenters. The van der Waals surface area contributed by atoms with Crippen LogP contribution in [0.5, 0.6) is 0 Å². The summed E-state index contributed by atoms with van der Waals surface area (Å²) in [6.07, 6.45) is -0.914. The van der Waals surface area contributed by atoms with Gasteiger partial charge >= 0.3 is 0 Å². The van der Waals surface area contributed by atoms with E-state index in [1.165, 1.54) is 6.07 Å². The third kappa shape index (κ3) is 1.47. The van der Waals surface area contributed by atoms with E-state index in [4.69, 9.17) is 15.2 Å². The molecule has 90 valence electrons. The van der Waals surface area contributed by atoms with Crippen LogP contribution in [0.25, 0.3) is 11.0 Å². The molecule has 2 N–H and O–H groups in total. The molecule has 1 aromatic carbocycles. The van der Waals surface area contributed by atoms with Crippen LogP contribution in [0, 0.1) is 11.6 Å². The van der Waals surface area contributed by atoms with Crippen LogP contribution in [0.4, 0.5) is 14.6 Å². The van der Waals surface area contributed by atoms with E-state index in [-0.39, 0.29) is 22.4 Å². The zero-order valence-electron chi connectivity index (χ0n) is 8.57. The van der Waals surface area contributed by atoms with E-state index in [2.05, 4.69) is 9.68 Å². The average molecular weight is 242 g/mol. The van der Waals surface area contributed by atoms with Gasteiger partial charge in [0, 0.05) is 5.56 Å². The lowest BCUT2D eigenvalue weighted by Crippen LogP contribution is -2.04. The molecule has 0 unspecified atom stereocenters. The Balaban J connectivity index is 2.23. The van der Waals surface area contributed by atoms with Crippen molar-refractivity contribution >= 4 is 16.8 Å². The lowest BCUT2D eigenvalue weighted by Gasteiger charge is -2.10. The second-order valence-electron chi connectivity index (χ2n) is 3.61. The zero-order valence-corrected chi connectivity index (χ0v) is 8.57. The van der Waals surface area contributed by atoms with Gasteiger partial charge in [-0.1, -0.05) is 5.16 Å². The van der Waals surface area contributed by atoms with E-state index in [1.807, 2.05) is 0 Å². The van der Waals surface area contributed by atoms with E-state index in [1.54, 1.807) is 0 Å². The Labute approximate surface area is 94.1 Å². The first-order valence-corrected chi connectivity index (χ1v) is 4.94. The lowest BCUT2D eigenvalue weighted by atomic mass is 10.1. The first-order valence-electron chi connectivity index (χ1n) is 4.94. The van der Waals surface area contributed by atoms with Gasteiger partial charge in [0.05, 0.1) is 18.6 Å². The summed E-state index contributed by atoms with van der Waals surface area (Å²) in [6, 6.07) is 1.33. The molecule has 3 rings (SSSR count). The van der Waals surface area contributed by atoms with Crippen molar-refractivity contribution in [1.82, 2.24) is 5.16 Å². The first kappa shape index (κ1) is 10.4. The number of anilines is 1. The van der Waals surface area contributed by atoms with Crippen molar-refractivity contribution in [3.63, 3.8) is 0 Å². The zero-order chi connectivity index (χ0) is 12.0. The Morgan fingerprint density at radius 1 is 1.24 bits per heavy atom. The molecule has 0 radical (unpaired) electrons. The molecule has 1 saturated heterocycles. The molecule has 0 amide bonds. The van der Waals surface area contributed by atoms with Crippen molar-refractivity contribution in [3.8, 4) is 0 Å². The van der Waals surface area contributed by atoms with E-state index in [0.717, 1.165) is 0 Å². The second kappa shape index (κ2) is 3.64. The monoisotopic (exact) mass is 242 g/mol. The molecular formula is C10H8F2N2O3. The Bertz CT molecular complexity index is 578. The van der Waals surface area contributed by atoms with Gasteiger partial charge in [0.25, 0.3) is 0 Å². The number of nitrogens with two attached hydrogens (primary N) is 1. The number of ether oxygens (including phenoxy) is 2. The molecule has 5 nitrogen and oxygen atoms in total. The SMILES string of the molecule is Nc1noc2c(F)c(F)c(C3OCCO3)cc12. The van der Waals surface area contributed by atoms with Gasteiger partial charge in [0.1, 0.15) is 0 Å². The highest BCUT2D eigenvalue weighted by Gasteiger charge is 2.27. The molecule has 0 aliphatic carbocycles. The van der Waals surface area contributed by atoms with E-state index >= 15 is 0 Å². The van der Waals surface area contributed by atoms with Gasteiger partial charge in [0.2, 0.25) is 11.4 Å². The molecule has 2 heterocycles. The van der Waals surface area contributed by atoms with Crippen molar-refractivity contribution in [2.75, 3.05) is 18.9 Å². The fraction of sp³-hybridized carbons (Fsp3) is 0.300. The van der Waals surface area contributed by atoms with Gasteiger partial charge in [-0.05, 0) is 6.07 Å². The van der Waals surface area contributed by atoms with Gasteiger partial charge in [-0.3, -0.25) is 0 Å². The molecule has 7 heteroatoms. The summed E-state index contributed by atoms with van der Waals surface area (Å²) in [4.78, 5) is 0. The number of benzene rings is 1. The Kier molecular flexibility index (Phi) is 2.23. The number of fused-ring (bicyclic) bond motifs is 1. The van der Waals surface area contributed by atoms with Gasteiger partial charge < -0.3 is 19.7 Å².